The minimum absolute atomic E-state index is 0.0952. The largest absolute Gasteiger partial charge is 0.489 e. The van der Waals surface area contributed by atoms with Crippen LogP contribution >= 0.6 is 11.6 Å². The van der Waals surface area contributed by atoms with Crippen LogP contribution in [0.25, 0.3) is 0 Å². The zero-order valence-corrected chi connectivity index (χ0v) is 12.1. The van der Waals surface area contributed by atoms with E-state index in [1.54, 1.807) is 12.4 Å². The Hall–Kier alpha value is -2.07. The molecule has 104 valence electrons. The summed E-state index contributed by atoms with van der Waals surface area (Å²) in [6.45, 7) is 3.92. The molecule has 0 bridgehead atoms. The molecule has 1 aromatic heterocycles. The molecule has 0 saturated heterocycles. The number of anilines is 1. The number of hydrogen-bond donors (Lipinski definition) is 1. The lowest BCUT2D eigenvalue weighted by Crippen LogP contribution is -2.05. The average molecular weight is 290 g/mol. The molecule has 0 radical (unpaired) electrons. The van der Waals surface area contributed by atoms with Gasteiger partial charge in [-0.2, -0.15) is 5.10 Å². The Morgan fingerprint density at radius 2 is 2.15 bits per heavy atom. The van der Waals surface area contributed by atoms with Crippen LogP contribution in [0.5, 0.6) is 5.75 Å². The molecule has 5 heteroatoms. The van der Waals surface area contributed by atoms with Gasteiger partial charge in [0.1, 0.15) is 11.6 Å². The van der Waals surface area contributed by atoms with E-state index >= 15 is 0 Å². The third-order valence-corrected chi connectivity index (χ3v) is 2.67. The van der Waals surface area contributed by atoms with E-state index in [0.717, 1.165) is 5.56 Å². The standard InChI is InChI=1S/C15H16ClN3O/c1-11(2)20-14-7-6-12(9-13(14)16)10-18-19-15-5-3-4-8-17-15/h3-11H,1-2H3,(H,17,19)/b18-10+. The van der Waals surface area contributed by atoms with Crippen LogP contribution in [0.4, 0.5) is 5.82 Å². The summed E-state index contributed by atoms with van der Waals surface area (Å²) < 4.78 is 5.57. The first-order valence-electron chi connectivity index (χ1n) is 6.31. The third-order valence-electron chi connectivity index (χ3n) is 2.38. The normalized spacial score (nSPS) is 11.0. The first-order chi connectivity index (χ1) is 9.65. The Labute approximate surface area is 123 Å². The van der Waals surface area contributed by atoms with Gasteiger partial charge in [-0.1, -0.05) is 17.7 Å². The molecule has 0 saturated carbocycles. The quantitative estimate of drug-likeness (QED) is 0.669. The fourth-order valence-corrected chi connectivity index (χ4v) is 1.78. The van der Waals surface area contributed by atoms with Crippen molar-refractivity contribution < 1.29 is 4.74 Å². The minimum Gasteiger partial charge on any atom is -0.489 e. The first-order valence-corrected chi connectivity index (χ1v) is 6.69. The fraction of sp³-hybridized carbons (Fsp3) is 0.200. The van der Waals surface area contributed by atoms with E-state index < -0.39 is 0 Å². The van der Waals surface area contributed by atoms with Gasteiger partial charge in [0.05, 0.1) is 17.3 Å². The number of halogens is 1. The number of ether oxygens (including phenoxy) is 1. The zero-order valence-electron chi connectivity index (χ0n) is 11.4. The van der Waals surface area contributed by atoms with Crippen molar-refractivity contribution in [3.63, 3.8) is 0 Å². The van der Waals surface area contributed by atoms with Gasteiger partial charge in [0.15, 0.2) is 0 Å². The average Bonchev–Trinajstić information content (AvgIpc) is 2.43. The maximum atomic E-state index is 6.15. The SMILES string of the molecule is CC(C)Oc1ccc(/C=N/Nc2ccccn2)cc1Cl. The van der Waals surface area contributed by atoms with Crippen molar-refractivity contribution in [2.24, 2.45) is 5.10 Å². The second-order valence-corrected chi connectivity index (χ2v) is 4.85. The fourth-order valence-electron chi connectivity index (χ4n) is 1.55. The number of nitrogens with one attached hydrogen (secondary N) is 1. The Kier molecular flexibility index (Phi) is 4.96. The van der Waals surface area contributed by atoms with Gasteiger partial charge in [0.2, 0.25) is 0 Å². The smallest absolute Gasteiger partial charge is 0.146 e. The van der Waals surface area contributed by atoms with Gasteiger partial charge in [-0.15, -0.1) is 0 Å². The predicted molar refractivity (Wildman–Crippen MR) is 82.7 cm³/mol. The molecule has 0 aliphatic carbocycles. The molecule has 1 N–H and O–H groups in total. The van der Waals surface area contributed by atoms with Gasteiger partial charge >= 0.3 is 0 Å². The Bertz CT molecular complexity index is 585. The van der Waals surface area contributed by atoms with E-state index in [1.807, 2.05) is 50.2 Å². The van der Waals surface area contributed by atoms with Crippen LogP contribution in [0.1, 0.15) is 19.4 Å². The number of hydrogen-bond acceptors (Lipinski definition) is 4. The summed E-state index contributed by atoms with van der Waals surface area (Å²) in [5.41, 5.74) is 3.73. The highest BCUT2D eigenvalue weighted by molar-refractivity contribution is 6.32. The molecule has 2 aromatic rings. The van der Waals surface area contributed by atoms with Crippen LogP contribution in [0.15, 0.2) is 47.7 Å². The summed E-state index contributed by atoms with van der Waals surface area (Å²) in [6.07, 6.45) is 3.48. The lowest BCUT2D eigenvalue weighted by molar-refractivity contribution is 0.242. The van der Waals surface area contributed by atoms with E-state index in [2.05, 4.69) is 15.5 Å². The summed E-state index contributed by atoms with van der Waals surface area (Å²) >= 11 is 6.15. The minimum atomic E-state index is 0.0952. The molecular weight excluding hydrogens is 274 g/mol. The number of hydrazone groups is 1. The second kappa shape index (κ2) is 6.91. The van der Waals surface area contributed by atoms with Crippen LogP contribution in [-0.2, 0) is 0 Å². The molecule has 0 unspecified atom stereocenters. The maximum Gasteiger partial charge on any atom is 0.146 e. The summed E-state index contributed by atoms with van der Waals surface area (Å²) in [4.78, 5) is 4.10. The predicted octanol–water partition coefficient (Wildman–Crippen LogP) is 3.97. The van der Waals surface area contributed by atoms with E-state index in [-0.39, 0.29) is 6.10 Å². The van der Waals surface area contributed by atoms with Crippen LogP contribution in [0, 0.1) is 0 Å². The van der Waals surface area contributed by atoms with E-state index in [1.165, 1.54) is 0 Å². The van der Waals surface area contributed by atoms with Crippen molar-refractivity contribution in [2.75, 3.05) is 5.43 Å². The van der Waals surface area contributed by atoms with Crippen molar-refractivity contribution in [1.82, 2.24) is 4.98 Å². The molecule has 1 heterocycles. The number of aromatic nitrogens is 1. The molecule has 0 fully saturated rings. The Balaban J connectivity index is 2.01. The van der Waals surface area contributed by atoms with Crippen molar-refractivity contribution in [3.05, 3.63) is 53.2 Å². The van der Waals surface area contributed by atoms with E-state index in [4.69, 9.17) is 16.3 Å². The Morgan fingerprint density at radius 3 is 2.80 bits per heavy atom. The number of rotatable bonds is 5. The zero-order chi connectivity index (χ0) is 14.4. The molecule has 2 rings (SSSR count). The van der Waals surface area contributed by atoms with Gasteiger partial charge in [-0.25, -0.2) is 4.98 Å². The lowest BCUT2D eigenvalue weighted by atomic mass is 10.2. The van der Waals surface area contributed by atoms with Crippen molar-refractivity contribution in [1.29, 1.82) is 0 Å². The topological polar surface area (TPSA) is 46.5 Å². The van der Waals surface area contributed by atoms with Gasteiger partial charge < -0.3 is 4.74 Å². The molecule has 0 atom stereocenters. The van der Waals surface area contributed by atoms with E-state index in [0.29, 0.717) is 16.6 Å². The monoisotopic (exact) mass is 289 g/mol. The molecule has 20 heavy (non-hydrogen) atoms. The summed E-state index contributed by atoms with van der Waals surface area (Å²) in [5, 5.41) is 4.68. The van der Waals surface area contributed by atoms with Crippen molar-refractivity contribution in [3.8, 4) is 5.75 Å². The molecule has 0 aliphatic heterocycles. The van der Waals surface area contributed by atoms with Crippen molar-refractivity contribution >= 4 is 23.6 Å². The highest BCUT2D eigenvalue weighted by atomic mass is 35.5. The van der Waals surface area contributed by atoms with Gasteiger partial charge in [0, 0.05) is 6.20 Å². The molecule has 0 spiro atoms. The van der Waals surface area contributed by atoms with Gasteiger partial charge in [-0.3, -0.25) is 5.43 Å². The molecular formula is C15H16ClN3O. The lowest BCUT2D eigenvalue weighted by Gasteiger charge is -2.11. The summed E-state index contributed by atoms with van der Waals surface area (Å²) in [6, 6.07) is 11.1. The molecule has 0 aliphatic rings. The third kappa shape index (κ3) is 4.24. The van der Waals surface area contributed by atoms with Gasteiger partial charge in [0.25, 0.3) is 0 Å². The Morgan fingerprint density at radius 1 is 1.30 bits per heavy atom. The first kappa shape index (κ1) is 14.3. The highest BCUT2D eigenvalue weighted by Gasteiger charge is 2.04. The van der Waals surface area contributed by atoms with Crippen LogP contribution in [-0.4, -0.2) is 17.3 Å². The summed E-state index contributed by atoms with van der Waals surface area (Å²) in [5.74, 6) is 1.37. The van der Waals surface area contributed by atoms with Crippen LogP contribution in [0.2, 0.25) is 5.02 Å². The number of benzene rings is 1. The molecule has 1 aromatic carbocycles. The number of pyridine rings is 1. The van der Waals surface area contributed by atoms with E-state index in [9.17, 15) is 0 Å². The van der Waals surface area contributed by atoms with Gasteiger partial charge in [-0.05, 0) is 49.7 Å². The molecule has 4 nitrogen and oxygen atoms in total. The van der Waals surface area contributed by atoms with Crippen LogP contribution in [0.3, 0.4) is 0 Å². The second-order valence-electron chi connectivity index (χ2n) is 4.44. The maximum absolute atomic E-state index is 6.15. The summed E-state index contributed by atoms with van der Waals surface area (Å²) in [7, 11) is 0. The highest BCUT2D eigenvalue weighted by Crippen LogP contribution is 2.25. The van der Waals surface area contributed by atoms with Crippen LogP contribution < -0.4 is 10.2 Å². The number of nitrogens with zero attached hydrogens (tertiary/aromatic N) is 2. The van der Waals surface area contributed by atoms with Crippen molar-refractivity contribution in [2.45, 2.75) is 20.0 Å². The molecule has 0 amide bonds.